The molecule has 0 N–H and O–H groups in total. The summed E-state index contributed by atoms with van der Waals surface area (Å²) in [5.74, 6) is 0.608. The molecule has 31 heavy (non-hydrogen) atoms. The largest absolute Gasteiger partial charge is 0.379 e. The van der Waals surface area contributed by atoms with E-state index < -0.39 is 0 Å². The Morgan fingerprint density at radius 1 is 1.06 bits per heavy atom. The molecule has 5 rings (SSSR count). The number of rotatable bonds is 4. The van der Waals surface area contributed by atoms with Gasteiger partial charge in [0, 0.05) is 36.8 Å². The van der Waals surface area contributed by atoms with Crippen molar-refractivity contribution in [2.24, 2.45) is 5.92 Å². The highest BCUT2D eigenvalue weighted by Gasteiger charge is 2.45. The standard InChI is InChI=1S/C27H30N2O2/c30-26(27(11-4-5-12-27)25-6-2-1-3-7-25)29-14-15-31-20-22(19-29)16-21-8-9-24-18-28-13-10-23(24)17-21/h1-3,6-10,13,17-18,22H,4-5,11-12,14-16,19-20H2. The molecule has 2 fully saturated rings. The molecule has 0 spiro atoms. The molecule has 1 unspecified atom stereocenters. The van der Waals surface area contributed by atoms with Gasteiger partial charge in [0.15, 0.2) is 0 Å². The zero-order valence-corrected chi connectivity index (χ0v) is 18.0. The molecule has 2 aliphatic rings. The summed E-state index contributed by atoms with van der Waals surface area (Å²) in [6.07, 6.45) is 8.82. The molecule has 0 bridgehead atoms. The van der Waals surface area contributed by atoms with Crippen molar-refractivity contribution in [1.82, 2.24) is 9.88 Å². The monoisotopic (exact) mass is 414 g/mol. The number of fused-ring (bicyclic) bond motifs is 1. The van der Waals surface area contributed by atoms with Crippen molar-refractivity contribution >= 4 is 16.7 Å². The van der Waals surface area contributed by atoms with E-state index in [2.05, 4.69) is 58.4 Å². The van der Waals surface area contributed by atoms with E-state index in [1.807, 2.05) is 18.5 Å². The van der Waals surface area contributed by atoms with E-state index in [4.69, 9.17) is 4.74 Å². The van der Waals surface area contributed by atoms with Crippen LogP contribution in [-0.2, 0) is 21.4 Å². The van der Waals surface area contributed by atoms with Crippen LogP contribution in [0.4, 0.5) is 0 Å². The maximum Gasteiger partial charge on any atom is 0.233 e. The zero-order valence-electron chi connectivity index (χ0n) is 18.0. The number of nitrogens with zero attached hydrogens (tertiary/aromatic N) is 2. The minimum absolute atomic E-state index is 0.302. The number of pyridine rings is 1. The van der Waals surface area contributed by atoms with Crippen LogP contribution >= 0.6 is 0 Å². The van der Waals surface area contributed by atoms with Gasteiger partial charge in [-0.25, -0.2) is 0 Å². The van der Waals surface area contributed by atoms with Gasteiger partial charge in [0.1, 0.15) is 0 Å². The normalized spacial score (nSPS) is 21.2. The number of amides is 1. The van der Waals surface area contributed by atoms with Crippen LogP contribution in [0.3, 0.4) is 0 Å². The van der Waals surface area contributed by atoms with Gasteiger partial charge in [-0.3, -0.25) is 9.78 Å². The third-order valence-corrected chi connectivity index (χ3v) is 7.05. The fourth-order valence-electron chi connectivity index (χ4n) is 5.45. The number of aromatic nitrogens is 1. The SMILES string of the molecule is O=C(N1CCOCC(Cc2ccc3cnccc3c2)C1)C1(c2ccccc2)CCCC1. The minimum atomic E-state index is -0.355. The van der Waals surface area contributed by atoms with E-state index in [-0.39, 0.29) is 5.41 Å². The Hall–Kier alpha value is -2.72. The van der Waals surface area contributed by atoms with E-state index in [1.165, 1.54) is 16.5 Å². The highest BCUT2D eigenvalue weighted by molar-refractivity contribution is 5.88. The van der Waals surface area contributed by atoms with Crippen LogP contribution < -0.4 is 0 Å². The first-order valence-corrected chi connectivity index (χ1v) is 11.5. The van der Waals surface area contributed by atoms with Gasteiger partial charge >= 0.3 is 0 Å². The number of carbonyl (C=O) groups is 1. The molecule has 4 nitrogen and oxygen atoms in total. The van der Waals surface area contributed by atoms with Crippen molar-refractivity contribution in [3.8, 4) is 0 Å². The molecule has 1 aromatic heterocycles. The topological polar surface area (TPSA) is 42.4 Å². The van der Waals surface area contributed by atoms with Crippen molar-refractivity contribution in [3.05, 3.63) is 78.1 Å². The summed E-state index contributed by atoms with van der Waals surface area (Å²) < 4.78 is 5.94. The molecular weight excluding hydrogens is 384 g/mol. The van der Waals surface area contributed by atoms with E-state index in [0.717, 1.165) is 44.0 Å². The van der Waals surface area contributed by atoms with Gasteiger partial charge in [-0.15, -0.1) is 0 Å². The van der Waals surface area contributed by atoms with Crippen LogP contribution in [0.5, 0.6) is 0 Å². The Labute approximate surface area is 184 Å². The van der Waals surface area contributed by atoms with Crippen LogP contribution in [0, 0.1) is 5.92 Å². The zero-order chi connectivity index (χ0) is 21.1. The van der Waals surface area contributed by atoms with Gasteiger partial charge in [-0.1, -0.05) is 61.4 Å². The summed E-state index contributed by atoms with van der Waals surface area (Å²) in [4.78, 5) is 20.2. The van der Waals surface area contributed by atoms with E-state index in [1.54, 1.807) is 0 Å². The maximum absolute atomic E-state index is 13.9. The predicted octanol–water partition coefficient (Wildman–Crippen LogP) is 4.76. The summed E-state index contributed by atoms with van der Waals surface area (Å²) in [7, 11) is 0. The highest BCUT2D eigenvalue weighted by Crippen LogP contribution is 2.43. The molecule has 1 atom stereocenters. The maximum atomic E-state index is 13.9. The molecule has 0 radical (unpaired) electrons. The summed E-state index contributed by atoms with van der Waals surface area (Å²) in [6.45, 7) is 2.78. The number of carbonyl (C=O) groups excluding carboxylic acids is 1. The number of benzene rings is 2. The van der Waals surface area contributed by atoms with Crippen molar-refractivity contribution in [3.63, 3.8) is 0 Å². The summed E-state index contributed by atoms with van der Waals surface area (Å²) in [5, 5.41) is 2.37. The second-order valence-electron chi connectivity index (χ2n) is 9.11. The fraction of sp³-hybridized carbons (Fsp3) is 0.407. The van der Waals surface area contributed by atoms with Gasteiger partial charge in [0.25, 0.3) is 0 Å². The Kier molecular flexibility index (Phi) is 5.73. The first-order chi connectivity index (χ1) is 15.2. The third-order valence-electron chi connectivity index (χ3n) is 7.05. The lowest BCUT2D eigenvalue weighted by Gasteiger charge is -2.35. The minimum Gasteiger partial charge on any atom is -0.379 e. The van der Waals surface area contributed by atoms with Crippen molar-refractivity contribution < 1.29 is 9.53 Å². The van der Waals surface area contributed by atoms with Gasteiger partial charge in [0.05, 0.1) is 18.6 Å². The van der Waals surface area contributed by atoms with Crippen molar-refractivity contribution in [2.75, 3.05) is 26.3 Å². The summed E-state index contributed by atoms with van der Waals surface area (Å²) >= 11 is 0. The van der Waals surface area contributed by atoms with Crippen LogP contribution in [0.1, 0.15) is 36.8 Å². The second kappa shape index (κ2) is 8.80. The molecule has 1 amide bonds. The third kappa shape index (κ3) is 4.09. The lowest BCUT2D eigenvalue weighted by atomic mass is 9.77. The average molecular weight is 415 g/mol. The van der Waals surface area contributed by atoms with E-state index >= 15 is 0 Å². The van der Waals surface area contributed by atoms with Gasteiger partial charge in [0.2, 0.25) is 5.91 Å². The molecule has 2 aromatic carbocycles. The molecule has 4 heteroatoms. The van der Waals surface area contributed by atoms with E-state index in [0.29, 0.717) is 31.6 Å². The van der Waals surface area contributed by atoms with Gasteiger partial charge in [-0.2, -0.15) is 0 Å². The molecule has 3 aromatic rings. The van der Waals surface area contributed by atoms with Crippen LogP contribution in [0.25, 0.3) is 10.8 Å². The number of ether oxygens (including phenoxy) is 1. The second-order valence-corrected chi connectivity index (χ2v) is 9.11. The first kappa shape index (κ1) is 20.2. The number of hydrogen-bond donors (Lipinski definition) is 0. The first-order valence-electron chi connectivity index (χ1n) is 11.5. The lowest BCUT2D eigenvalue weighted by molar-refractivity contribution is -0.137. The molecule has 2 heterocycles. The summed E-state index contributed by atoms with van der Waals surface area (Å²) in [5.41, 5.74) is 2.12. The van der Waals surface area contributed by atoms with Crippen molar-refractivity contribution in [1.29, 1.82) is 0 Å². The van der Waals surface area contributed by atoms with Gasteiger partial charge < -0.3 is 9.64 Å². The fourth-order valence-corrected chi connectivity index (χ4v) is 5.45. The van der Waals surface area contributed by atoms with Crippen LogP contribution in [0.2, 0.25) is 0 Å². The quantitative estimate of drug-likeness (QED) is 0.618. The Balaban J connectivity index is 1.36. The lowest BCUT2D eigenvalue weighted by Crippen LogP contribution is -2.47. The highest BCUT2D eigenvalue weighted by atomic mass is 16.5. The number of hydrogen-bond acceptors (Lipinski definition) is 3. The molecule has 1 aliphatic heterocycles. The predicted molar refractivity (Wildman–Crippen MR) is 123 cm³/mol. The molecule has 160 valence electrons. The molecule has 1 saturated heterocycles. The smallest absolute Gasteiger partial charge is 0.233 e. The van der Waals surface area contributed by atoms with Crippen LogP contribution in [0.15, 0.2) is 67.0 Å². The Morgan fingerprint density at radius 2 is 1.90 bits per heavy atom. The summed E-state index contributed by atoms with van der Waals surface area (Å²) in [6, 6.07) is 19.1. The molecule has 1 aliphatic carbocycles. The van der Waals surface area contributed by atoms with Crippen LogP contribution in [-0.4, -0.2) is 42.1 Å². The van der Waals surface area contributed by atoms with Gasteiger partial charge in [-0.05, 0) is 41.8 Å². The van der Waals surface area contributed by atoms with E-state index in [9.17, 15) is 4.79 Å². The Morgan fingerprint density at radius 3 is 2.74 bits per heavy atom. The van der Waals surface area contributed by atoms with Crippen molar-refractivity contribution in [2.45, 2.75) is 37.5 Å². The molecule has 1 saturated carbocycles. The Bertz CT molecular complexity index is 1040. The average Bonchev–Trinajstić information content (AvgIpc) is 3.21. The molecular formula is C27H30N2O2.